The van der Waals surface area contributed by atoms with Gasteiger partial charge < -0.3 is 4.74 Å². The molecule has 1 aromatic rings. The highest BCUT2D eigenvalue weighted by molar-refractivity contribution is 5.77. The van der Waals surface area contributed by atoms with Crippen molar-refractivity contribution in [1.29, 1.82) is 0 Å². The number of carbonyl (C=O) groups is 1. The second-order valence-electron chi connectivity index (χ2n) is 7.88. The average Bonchev–Trinajstić information content (AvgIpc) is 2.63. The number of hydrogen-bond donors (Lipinski definition) is 0. The summed E-state index contributed by atoms with van der Waals surface area (Å²) in [5.41, 5.74) is 2.55. The number of carbonyl (C=O) groups excluding carboxylic acids is 1. The number of aryl methyl sites for hydroxylation is 1. The molecule has 0 radical (unpaired) electrons. The van der Waals surface area contributed by atoms with Crippen LogP contribution >= 0.6 is 0 Å². The van der Waals surface area contributed by atoms with Gasteiger partial charge in [0.1, 0.15) is 5.75 Å². The van der Waals surface area contributed by atoms with Crippen LogP contribution in [0.2, 0.25) is 0 Å². The normalized spacial score (nSPS) is 26.2. The van der Waals surface area contributed by atoms with Crippen LogP contribution in [0.4, 0.5) is 0 Å². The number of hydrogen-bond acceptors (Lipinski definition) is 2. The first kappa shape index (κ1) is 18.0. The monoisotopic (exact) mass is 338 g/mol. The molecule has 1 atom stereocenters. The lowest BCUT2D eigenvalue weighted by Crippen LogP contribution is -2.19. The van der Waals surface area contributed by atoms with Crippen LogP contribution in [0.1, 0.15) is 57.4 Å². The van der Waals surface area contributed by atoms with Crippen molar-refractivity contribution in [1.82, 2.24) is 0 Å². The van der Waals surface area contributed by atoms with Crippen molar-refractivity contribution >= 4 is 5.97 Å². The van der Waals surface area contributed by atoms with E-state index in [2.05, 4.69) is 19.1 Å². The van der Waals surface area contributed by atoms with Gasteiger partial charge in [0.15, 0.2) is 0 Å². The van der Waals surface area contributed by atoms with Gasteiger partial charge in [-0.15, -0.1) is 0 Å². The summed E-state index contributed by atoms with van der Waals surface area (Å²) in [4.78, 5) is 12.3. The first-order valence-corrected chi connectivity index (χ1v) is 9.76. The number of rotatable bonds is 5. The summed E-state index contributed by atoms with van der Waals surface area (Å²) in [5.74, 6) is 2.14. The molecule has 1 fully saturated rings. The molecule has 0 heterocycles. The highest BCUT2D eigenvalue weighted by Gasteiger charge is 2.21. The fourth-order valence-electron chi connectivity index (χ4n) is 3.81. The molecule has 1 saturated carbocycles. The van der Waals surface area contributed by atoms with Crippen molar-refractivity contribution in [2.75, 3.05) is 0 Å². The van der Waals surface area contributed by atoms with Crippen molar-refractivity contribution in [3.8, 4) is 5.75 Å². The van der Waals surface area contributed by atoms with Crippen LogP contribution in [0.15, 0.2) is 48.1 Å². The van der Waals surface area contributed by atoms with E-state index in [0.717, 1.165) is 30.2 Å². The Kier molecular flexibility index (Phi) is 6.12. The third kappa shape index (κ3) is 5.32. The molecule has 0 N–H and O–H groups in total. The van der Waals surface area contributed by atoms with E-state index >= 15 is 0 Å². The van der Waals surface area contributed by atoms with E-state index in [1.807, 2.05) is 37.3 Å². The lowest BCUT2D eigenvalue weighted by Gasteiger charge is -2.26. The molecule has 2 nitrogen and oxygen atoms in total. The predicted molar refractivity (Wildman–Crippen MR) is 103 cm³/mol. The maximum atomic E-state index is 12.3. The van der Waals surface area contributed by atoms with Gasteiger partial charge in [-0.1, -0.05) is 74.1 Å². The van der Waals surface area contributed by atoms with Crippen LogP contribution in [0, 0.1) is 24.7 Å². The molecule has 2 aliphatic rings. The maximum Gasteiger partial charge on any atom is 0.318 e. The van der Waals surface area contributed by atoms with Gasteiger partial charge in [-0.05, 0) is 50.2 Å². The minimum absolute atomic E-state index is 0.152. The van der Waals surface area contributed by atoms with E-state index in [0.29, 0.717) is 5.75 Å². The fourth-order valence-corrected chi connectivity index (χ4v) is 3.81. The SMILES string of the molecule is Cc1ccc(OC(=O)C2C=CC(CCC3CCC(C)CC3)=CC2)cc1. The summed E-state index contributed by atoms with van der Waals surface area (Å²) in [6, 6.07) is 7.63. The van der Waals surface area contributed by atoms with E-state index in [1.165, 1.54) is 37.7 Å². The van der Waals surface area contributed by atoms with Gasteiger partial charge in [0.05, 0.1) is 5.92 Å². The number of ether oxygens (including phenoxy) is 1. The Hall–Kier alpha value is -1.83. The van der Waals surface area contributed by atoms with E-state index < -0.39 is 0 Å². The molecule has 0 spiro atoms. The van der Waals surface area contributed by atoms with Gasteiger partial charge in [-0.25, -0.2) is 0 Å². The quantitative estimate of drug-likeness (QED) is 0.485. The largest absolute Gasteiger partial charge is 0.426 e. The third-order valence-electron chi connectivity index (χ3n) is 5.70. The van der Waals surface area contributed by atoms with E-state index in [1.54, 1.807) is 0 Å². The molecule has 2 aliphatic carbocycles. The summed E-state index contributed by atoms with van der Waals surface area (Å²) in [5, 5.41) is 0. The fraction of sp³-hybridized carbons (Fsp3) is 0.522. The van der Waals surface area contributed by atoms with E-state index in [-0.39, 0.29) is 11.9 Å². The lowest BCUT2D eigenvalue weighted by molar-refractivity contribution is -0.137. The molecule has 0 bridgehead atoms. The van der Waals surface area contributed by atoms with Crippen LogP contribution in [0.5, 0.6) is 5.75 Å². The van der Waals surface area contributed by atoms with Crippen LogP contribution < -0.4 is 4.74 Å². The summed E-state index contributed by atoms with van der Waals surface area (Å²) in [6.07, 6.45) is 15.2. The zero-order valence-electron chi connectivity index (χ0n) is 15.5. The minimum atomic E-state index is -0.156. The molecule has 0 aliphatic heterocycles. The average molecular weight is 338 g/mol. The molecule has 2 heteroatoms. The number of esters is 1. The Morgan fingerprint density at radius 3 is 2.48 bits per heavy atom. The van der Waals surface area contributed by atoms with Crippen molar-refractivity contribution in [3.63, 3.8) is 0 Å². The Morgan fingerprint density at radius 1 is 1.12 bits per heavy atom. The summed E-state index contributed by atoms with van der Waals surface area (Å²) < 4.78 is 5.49. The number of allylic oxidation sites excluding steroid dienone is 3. The highest BCUT2D eigenvalue weighted by atomic mass is 16.5. The van der Waals surface area contributed by atoms with Crippen LogP contribution in [0.25, 0.3) is 0 Å². The van der Waals surface area contributed by atoms with Gasteiger partial charge in [0.2, 0.25) is 0 Å². The van der Waals surface area contributed by atoms with Crippen molar-refractivity contribution < 1.29 is 9.53 Å². The first-order valence-electron chi connectivity index (χ1n) is 9.76. The molecule has 0 amide bonds. The highest BCUT2D eigenvalue weighted by Crippen LogP contribution is 2.33. The standard InChI is InChI=1S/C23H30O2/c1-17-3-7-19(8-4-17)9-10-20-11-13-21(14-12-20)23(24)25-22-15-5-18(2)6-16-22/h5-6,11-13,15-17,19,21H,3-4,7-10,14H2,1-2H3. The minimum Gasteiger partial charge on any atom is -0.426 e. The summed E-state index contributed by atoms with van der Waals surface area (Å²) >= 11 is 0. The molecule has 134 valence electrons. The van der Waals surface area contributed by atoms with Crippen LogP contribution in [-0.4, -0.2) is 5.97 Å². The predicted octanol–water partition coefficient (Wildman–Crippen LogP) is 6.01. The molecule has 1 aromatic carbocycles. The Bertz CT molecular complexity index is 631. The molecule has 0 aromatic heterocycles. The van der Waals surface area contributed by atoms with E-state index in [4.69, 9.17) is 4.74 Å². The van der Waals surface area contributed by atoms with Gasteiger partial charge in [0.25, 0.3) is 0 Å². The van der Waals surface area contributed by atoms with Crippen LogP contribution in [-0.2, 0) is 4.79 Å². The molecular weight excluding hydrogens is 308 g/mol. The van der Waals surface area contributed by atoms with Gasteiger partial charge in [0, 0.05) is 0 Å². The summed E-state index contributed by atoms with van der Waals surface area (Å²) in [7, 11) is 0. The molecular formula is C23H30O2. The van der Waals surface area contributed by atoms with Gasteiger partial charge in [-0.3, -0.25) is 4.79 Å². The zero-order valence-corrected chi connectivity index (χ0v) is 15.5. The van der Waals surface area contributed by atoms with Gasteiger partial charge >= 0.3 is 5.97 Å². The van der Waals surface area contributed by atoms with Crippen LogP contribution in [0.3, 0.4) is 0 Å². The van der Waals surface area contributed by atoms with Gasteiger partial charge in [-0.2, -0.15) is 0 Å². The third-order valence-corrected chi connectivity index (χ3v) is 5.70. The van der Waals surface area contributed by atoms with Crippen molar-refractivity contribution in [3.05, 3.63) is 53.6 Å². The Labute approximate surface area is 152 Å². The smallest absolute Gasteiger partial charge is 0.318 e. The maximum absolute atomic E-state index is 12.3. The lowest BCUT2D eigenvalue weighted by atomic mass is 9.80. The second kappa shape index (κ2) is 8.51. The van der Waals surface area contributed by atoms with Crippen molar-refractivity contribution in [2.45, 2.75) is 58.8 Å². The second-order valence-corrected chi connectivity index (χ2v) is 7.88. The molecule has 25 heavy (non-hydrogen) atoms. The molecule has 1 unspecified atom stereocenters. The first-order chi connectivity index (χ1) is 12.1. The zero-order chi connectivity index (χ0) is 17.6. The molecule has 3 rings (SSSR count). The Morgan fingerprint density at radius 2 is 1.84 bits per heavy atom. The van der Waals surface area contributed by atoms with E-state index in [9.17, 15) is 4.79 Å². The summed E-state index contributed by atoms with van der Waals surface area (Å²) in [6.45, 7) is 4.40. The molecule has 0 saturated heterocycles. The van der Waals surface area contributed by atoms with Crippen molar-refractivity contribution in [2.24, 2.45) is 17.8 Å². The Balaban J connectivity index is 1.43. The number of benzene rings is 1. The topological polar surface area (TPSA) is 26.3 Å².